The number of amides is 2. The van der Waals surface area contributed by atoms with Crippen LogP contribution >= 0.6 is 0 Å². The molecule has 5 nitrogen and oxygen atoms in total. The number of hydrogen-bond donors (Lipinski definition) is 2. The van der Waals surface area contributed by atoms with Gasteiger partial charge in [-0.05, 0) is 54.1 Å². The van der Waals surface area contributed by atoms with E-state index in [1.54, 1.807) is 24.3 Å². The van der Waals surface area contributed by atoms with E-state index in [0.717, 1.165) is 5.75 Å². The molecule has 0 aliphatic rings. The number of carbonyl (C=O) groups is 2. The maximum absolute atomic E-state index is 12.9. The van der Waals surface area contributed by atoms with Gasteiger partial charge >= 0.3 is 0 Å². The van der Waals surface area contributed by atoms with Crippen LogP contribution in [0.3, 0.4) is 0 Å². The fourth-order valence-electron chi connectivity index (χ4n) is 2.47. The largest absolute Gasteiger partial charge is 0.457 e. The summed E-state index contributed by atoms with van der Waals surface area (Å²) in [6.07, 6.45) is 0.0824. The maximum atomic E-state index is 12.9. The first kappa shape index (κ1) is 19.1. The highest BCUT2D eigenvalue weighted by Crippen LogP contribution is 2.22. The predicted molar refractivity (Wildman–Crippen MR) is 105 cm³/mol. The molecule has 0 aromatic heterocycles. The minimum atomic E-state index is -0.358. The number of ether oxygens (including phenoxy) is 1. The van der Waals surface area contributed by atoms with Crippen LogP contribution in [0, 0.1) is 5.82 Å². The Labute approximate surface area is 162 Å². The van der Waals surface area contributed by atoms with E-state index in [0.29, 0.717) is 17.0 Å². The van der Waals surface area contributed by atoms with Crippen molar-refractivity contribution in [1.29, 1.82) is 0 Å². The van der Waals surface area contributed by atoms with Crippen LogP contribution in [0.2, 0.25) is 0 Å². The normalized spacial score (nSPS) is 10.2. The summed E-state index contributed by atoms with van der Waals surface area (Å²) >= 11 is 0. The molecular formula is C22H19FN2O3. The van der Waals surface area contributed by atoms with E-state index in [2.05, 4.69) is 10.6 Å². The molecule has 0 spiro atoms. The van der Waals surface area contributed by atoms with Crippen molar-refractivity contribution in [2.75, 3.05) is 11.9 Å². The number of halogens is 1. The third kappa shape index (κ3) is 5.95. The molecule has 0 unspecified atom stereocenters. The fraction of sp³-hybridized carbons (Fsp3) is 0.0909. The van der Waals surface area contributed by atoms with Gasteiger partial charge < -0.3 is 15.4 Å². The molecule has 0 saturated heterocycles. The highest BCUT2D eigenvalue weighted by Gasteiger charge is 2.07. The van der Waals surface area contributed by atoms with Crippen molar-refractivity contribution in [2.24, 2.45) is 0 Å². The van der Waals surface area contributed by atoms with Crippen molar-refractivity contribution in [3.63, 3.8) is 0 Å². The number of carbonyl (C=O) groups excluding carboxylic acids is 2. The van der Waals surface area contributed by atoms with E-state index in [9.17, 15) is 14.0 Å². The van der Waals surface area contributed by atoms with Crippen molar-refractivity contribution < 1.29 is 18.7 Å². The number of rotatable bonds is 7. The lowest BCUT2D eigenvalue weighted by Gasteiger charge is -2.09. The quantitative estimate of drug-likeness (QED) is 0.655. The average Bonchev–Trinajstić information content (AvgIpc) is 2.70. The van der Waals surface area contributed by atoms with Crippen molar-refractivity contribution in [3.8, 4) is 11.5 Å². The van der Waals surface area contributed by atoms with Crippen molar-refractivity contribution in [3.05, 3.63) is 90.2 Å². The van der Waals surface area contributed by atoms with E-state index < -0.39 is 0 Å². The zero-order valence-electron chi connectivity index (χ0n) is 15.0. The van der Waals surface area contributed by atoms with Crippen LogP contribution in [0.4, 0.5) is 10.1 Å². The molecule has 0 atom stereocenters. The molecule has 0 aliphatic heterocycles. The summed E-state index contributed by atoms with van der Waals surface area (Å²) in [4.78, 5) is 23.9. The number of hydrogen-bond acceptors (Lipinski definition) is 3. The standard InChI is InChI=1S/C22H19FN2O3/c23-17-8-6-16(7-9-17)14-21(26)24-15-22(27)25-18-10-12-20(13-11-18)28-19-4-2-1-3-5-19/h1-13H,14-15H2,(H,24,26)(H,25,27). The highest BCUT2D eigenvalue weighted by molar-refractivity contribution is 5.94. The molecule has 2 N–H and O–H groups in total. The van der Waals surface area contributed by atoms with Gasteiger partial charge in [0.2, 0.25) is 11.8 Å². The topological polar surface area (TPSA) is 67.4 Å². The molecule has 3 aromatic carbocycles. The van der Waals surface area contributed by atoms with Gasteiger partial charge in [0.25, 0.3) is 0 Å². The lowest BCUT2D eigenvalue weighted by Crippen LogP contribution is -2.33. The Bertz CT molecular complexity index is 926. The fourth-order valence-corrected chi connectivity index (χ4v) is 2.47. The van der Waals surface area contributed by atoms with E-state index in [-0.39, 0.29) is 30.6 Å². The first-order valence-electron chi connectivity index (χ1n) is 8.72. The smallest absolute Gasteiger partial charge is 0.243 e. The summed E-state index contributed by atoms with van der Waals surface area (Å²) in [5, 5.41) is 5.24. The van der Waals surface area contributed by atoms with E-state index >= 15 is 0 Å². The summed E-state index contributed by atoms with van der Waals surface area (Å²) in [6, 6.07) is 22.0. The summed E-state index contributed by atoms with van der Waals surface area (Å²) in [6.45, 7) is -0.151. The van der Waals surface area contributed by atoms with Crippen molar-refractivity contribution >= 4 is 17.5 Å². The second kappa shape index (κ2) is 9.32. The second-order valence-electron chi connectivity index (χ2n) is 6.07. The van der Waals surface area contributed by atoms with Crippen LogP contribution in [0.25, 0.3) is 0 Å². The van der Waals surface area contributed by atoms with Crippen LogP contribution in [0.15, 0.2) is 78.9 Å². The van der Waals surface area contributed by atoms with Gasteiger partial charge in [0.15, 0.2) is 0 Å². The minimum absolute atomic E-state index is 0.0824. The van der Waals surface area contributed by atoms with Crippen LogP contribution in [0.5, 0.6) is 11.5 Å². The van der Waals surface area contributed by atoms with Gasteiger partial charge in [-0.15, -0.1) is 0 Å². The lowest BCUT2D eigenvalue weighted by atomic mass is 10.1. The number of nitrogens with one attached hydrogen (secondary N) is 2. The highest BCUT2D eigenvalue weighted by atomic mass is 19.1. The molecule has 0 aliphatic carbocycles. The average molecular weight is 378 g/mol. The minimum Gasteiger partial charge on any atom is -0.457 e. The van der Waals surface area contributed by atoms with Gasteiger partial charge in [0.1, 0.15) is 17.3 Å². The van der Waals surface area contributed by atoms with Crippen LogP contribution in [0.1, 0.15) is 5.56 Å². The molecule has 0 fully saturated rings. The molecule has 0 bridgehead atoms. The van der Waals surface area contributed by atoms with E-state index in [1.807, 2.05) is 30.3 Å². The molecule has 142 valence electrons. The van der Waals surface area contributed by atoms with Crippen LogP contribution < -0.4 is 15.4 Å². The van der Waals surface area contributed by atoms with Gasteiger partial charge in [-0.1, -0.05) is 30.3 Å². The molecule has 28 heavy (non-hydrogen) atoms. The Morgan fingerprint density at radius 2 is 1.43 bits per heavy atom. The van der Waals surface area contributed by atoms with Gasteiger partial charge in [0.05, 0.1) is 13.0 Å². The van der Waals surface area contributed by atoms with Gasteiger partial charge in [-0.2, -0.15) is 0 Å². The van der Waals surface area contributed by atoms with Gasteiger partial charge in [0, 0.05) is 5.69 Å². The first-order chi connectivity index (χ1) is 13.6. The Hall–Kier alpha value is -3.67. The third-order valence-corrected chi connectivity index (χ3v) is 3.84. The Morgan fingerprint density at radius 1 is 0.786 bits per heavy atom. The Morgan fingerprint density at radius 3 is 2.11 bits per heavy atom. The monoisotopic (exact) mass is 378 g/mol. The second-order valence-corrected chi connectivity index (χ2v) is 6.07. The third-order valence-electron chi connectivity index (χ3n) is 3.84. The Balaban J connectivity index is 1.44. The zero-order valence-corrected chi connectivity index (χ0v) is 15.0. The van der Waals surface area contributed by atoms with E-state index in [1.165, 1.54) is 24.3 Å². The van der Waals surface area contributed by atoms with Crippen LogP contribution in [-0.2, 0) is 16.0 Å². The SMILES string of the molecule is O=C(Cc1ccc(F)cc1)NCC(=O)Nc1ccc(Oc2ccccc2)cc1. The lowest BCUT2D eigenvalue weighted by molar-refractivity contribution is -0.123. The number of para-hydroxylation sites is 1. The van der Waals surface area contributed by atoms with Crippen molar-refractivity contribution in [2.45, 2.75) is 6.42 Å². The van der Waals surface area contributed by atoms with Crippen molar-refractivity contribution in [1.82, 2.24) is 5.32 Å². The summed E-state index contributed by atoms with van der Waals surface area (Å²) in [7, 11) is 0. The molecule has 3 rings (SSSR count). The number of benzene rings is 3. The summed E-state index contributed by atoms with van der Waals surface area (Å²) < 4.78 is 18.5. The molecule has 0 saturated carbocycles. The maximum Gasteiger partial charge on any atom is 0.243 e. The van der Waals surface area contributed by atoms with Gasteiger partial charge in [-0.25, -0.2) is 4.39 Å². The molecular weight excluding hydrogens is 359 g/mol. The summed E-state index contributed by atoms with van der Waals surface area (Å²) in [5.74, 6) is 0.362. The first-order valence-corrected chi connectivity index (χ1v) is 8.72. The van der Waals surface area contributed by atoms with E-state index in [4.69, 9.17) is 4.74 Å². The Kier molecular flexibility index (Phi) is 6.36. The predicted octanol–water partition coefficient (Wildman–Crippen LogP) is 3.92. The molecule has 6 heteroatoms. The molecule has 2 amide bonds. The molecule has 0 heterocycles. The summed E-state index contributed by atoms with van der Waals surface area (Å²) in [5.41, 5.74) is 1.27. The molecule has 3 aromatic rings. The zero-order chi connectivity index (χ0) is 19.8. The number of anilines is 1. The molecule has 0 radical (unpaired) electrons. The van der Waals surface area contributed by atoms with Gasteiger partial charge in [-0.3, -0.25) is 9.59 Å². The van der Waals surface area contributed by atoms with Crippen LogP contribution in [-0.4, -0.2) is 18.4 Å².